The maximum absolute atomic E-state index is 12.8. The SMILES string of the molecule is O=C(Cn1cc(C(=O)N2C[C@@H]3CCC[C@@]3(C(=O)O)C2)cn1)NC1CCCCC1. The summed E-state index contributed by atoms with van der Waals surface area (Å²) >= 11 is 0. The molecule has 0 spiro atoms. The van der Waals surface area contributed by atoms with E-state index < -0.39 is 11.4 Å². The van der Waals surface area contributed by atoms with Crippen molar-refractivity contribution in [3.05, 3.63) is 18.0 Å². The third kappa shape index (κ3) is 3.52. The Labute approximate surface area is 164 Å². The number of nitrogens with one attached hydrogen (secondary N) is 1. The zero-order valence-electron chi connectivity index (χ0n) is 16.1. The number of carboxylic acid groups (broad SMARTS) is 1. The molecule has 0 unspecified atom stereocenters. The lowest BCUT2D eigenvalue weighted by atomic mass is 9.81. The maximum atomic E-state index is 12.8. The van der Waals surface area contributed by atoms with Crippen LogP contribution in [0.15, 0.2) is 12.4 Å². The molecule has 8 nitrogen and oxygen atoms in total. The second-order valence-electron chi connectivity index (χ2n) is 8.57. The third-order valence-electron chi connectivity index (χ3n) is 6.74. The summed E-state index contributed by atoms with van der Waals surface area (Å²) in [5.74, 6) is -1.05. The van der Waals surface area contributed by atoms with E-state index in [9.17, 15) is 19.5 Å². The van der Waals surface area contributed by atoms with E-state index in [4.69, 9.17) is 0 Å². The molecule has 2 saturated carbocycles. The van der Waals surface area contributed by atoms with Gasteiger partial charge < -0.3 is 15.3 Å². The highest BCUT2D eigenvalue weighted by Gasteiger charge is 2.55. The molecule has 1 aromatic heterocycles. The number of aliphatic carboxylic acids is 1. The van der Waals surface area contributed by atoms with Crippen molar-refractivity contribution >= 4 is 17.8 Å². The van der Waals surface area contributed by atoms with E-state index in [1.165, 1.54) is 17.3 Å². The van der Waals surface area contributed by atoms with Crippen molar-refractivity contribution in [1.82, 2.24) is 20.0 Å². The first kappa shape index (κ1) is 19.0. The van der Waals surface area contributed by atoms with Crippen LogP contribution in [0, 0.1) is 11.3 Å². The van der Waals surface area contributed by atoms with Crippen LogP contribution in [0.5, 0.6) is 0 Å². The van der Waals surface area contributed by atoms with E-state index in [1.54, 1.807) is 11.1 Å². The molecule has 2 N–H and O–H groups in total. The van der Waals surface area contributed by atoms with Crippen LogP contribution in [0.3, 0.4) is 0 Å². The molecule has 3 fully saturated rings. The summed E-state index contributed by atoms with van der Waals surface area (Å²) in [6, 6.07) is 0.245. The molecule has 2 atom stereocenters. The average Bonchev–Trinajstić information content (AvgIpc) is 3.36. The molecule has 0 bridgehead atoms. The van der Waals surface area contributed by atoms with Crippen LogP contribution >= 0.6 is 0 Å². The molecule has 0 aromatic carbocycles. The minimum Gasteiger partial charge on any atom is -0.481 e. The summed E-state index contributed by atoms with van der Waals surface area (Å²) < 4.78 is 1.48. The fraction of sp³-hybridized carbons (Fsp3) is 0.700. The standard InChI is InChI=1S/C20H28N4O4/c25-17(22-16-6-2-1-3-7-16)12-24-10-14(9-21-24)18(26)23-11-15-5-4-8-20(15,13-23)19(27)28/h9-10,15-16H,1-8,11-13H2,(H,22,25)(H,27,28)/t15-,20+/m0/s1. The minimum atomic E-state index is -0.791. The molecule has 152 valence electrons. The van der Waals surface area contributed by atoms with Gasteiger partial charge in [0, 0.05) is 25.3 Å². The first-order valence-electron chi connectivity index (χ1n) is 10.3. The van der Waals surface area contributed by atoms with E-state index in [0.717, 1.165) is 38.5 Å². The van der Waals surface area contributed by atoms with Crippen LogP contribution in [0.4, 0.5) is 0 Å². The van der Waals surface area contributed by atoms with E-state index in [2.05, 4.69) is 10.4 Å². The number of carbonyl (C=O) groups excluding carboxylic acids is 2. The van der Waals surface area contributed by atoms with Gasteiger partial charge in [-0.1, -0.05) is 25.7 Å². The number of amides is 2. The Morgan fingerprint density at radius 1 is 1.18 bits per heavy atom. The van der Waals surface area contributed by atoms with Gasteiger partial charge in [0.2, 0.25) is 5.91 Å². The highest BCUT2D eigenvalue weighted by atomic mass is 16.4. The number of hydrogen-bond acceptors (Lipinski definition) is 4. The van der Waals surface area contributed by atoms with Crippen LogP contribution < -0.4 is 5.32 Å². The highest BCUT2D eigenvalue weighted by molar-refractivity contribution is 5.94. The van der Waals surface area contributed by atoms with Crippen molar-refractivity contribution < 1.29 is 19.5 Å². The van der Waals surface area contributed by atoms with Gasteiger partial charge in [-0.15, -0.1) is 0 Å². The molecule has 1 aliphatic heterocycles. The second kappa shape index (κ2) is 7.56. The number of carbonyl (C=O) groups is 3. The summed E-state index contributed by atoms with van der Waals surface area (Å²) in [5, 5.41) is 16.9. The number of aromatic nitrogens is 2. The van der Waals surface area contributed by atoms with Gasteiger partial charge in [0.1, 0.15) is 6.54 Å². The van der Waals surface area contributed by atoms with Crippen molar-refractivity contribution in [1.29, 1.82) is 0 Å². The van der Waals surface area contributed by atoms with E-state index in [0.29, 0.717) is 18.5 Å². The van der Waals surface area contributed by atoms with Gasteiger partial charge in [0.25, 0.3) is 5.91 Å². The van der Waals surface area contributed by atoms with Crippen LogP contribution in [0.2, 0.25) is 0 Å². The van der Waals surface area contributed by atoms with E-state index in [1.807, 2.05) is 0 Å². The fourth-order valence-corrected chi connectivity index (χ4v) is 5.20. The number of nitrogens with zero attached hydrogens (tertiary/aromatic N) is 3. The number of carboxylic acids is 1. The number of likely N-dealkylation sites (tertiary alicyclic amines) is 1. The Bertz CT molecular complexity index is 770. The predicted molar refractivity (Wildman–Crippen MR) is 101 cm³/mol. The smallest absolute Gasteiger partial charge is 0.311 e. The Balaban J connectivity index is 1.36. The van der Waals surface area contributed by atoms with Crippen LogP contribution in [0.25, 0.3) is 0 Å². The molecule has 28 heavy (non-hydrogen) atoms. The lowest BCUT2D eigenvalue weighted by molar-refractivity contribution is -0.149. The van der Waals surface area contributed by atoms with Gasteiger partial charge in [0.15, 0.2) is 0 Å². The van der Waals surface area contributed by atoms with Crippen LogP contribution in [-0.4, -0.2) is 56.7 Å². The highest BCUT2D eigenvalue weighted by Crippen LogP contribution is 2.49. The Hall–Kier alpha value is -2.38. The van der Waals surface area contributed by atoms with E-state index >= 15 is 0 Å². The lowest BCUT2D eigenvalue weighted by Crippen LogP contribution is -2.38. The minimum absolute atomic E-state index is 0.0327. The summed E-state index contributed by atoms with van der Waals surface area (Å²) in [4.78, 5) is 38.5. The molecule has 1 aromatic rings. The van der Waals surface area contributed by atoms with Crippen molar-refractivity contribution in [2.75, 3.05) is 13.1 Å². The van der Waals surface area contributed by atoms with Crippen molar-refractivity contribution in [3.8, 4) is 0 Å². The zero-order chi connectivity index (χ0) is 19.7. The number of rotatable bonds is 5. The quantitative estimate of drug-likeness (QED) is 0.798. The molecule has 1 saturated heterocycles. The van der Waals surface area contributed by atoms with Gasteiger partial charge >= 0.3 is 5.97 Å². The van der Waals surface area contributed by atoms with Gasteiger partial charge in [-0.05, 0) is 31.6 Å². The molecule has 0 radical (unpaired) electrons. The lowest BCUT2D eigenvalue weighted by Gasteiger charge is -2.23. The van der Waals surface area contributed by atoms with Gasteiger partial charge in [-0.25, -0.2) is 0 Å². The fourth-order valence-electron chi connectivity index (χ4n) is 5.20. The van der Waals surface area contributed by atoms with Gasteiger partial charge in [-0.2, -0.15) is 5.10 Å². The monoisotopic (exact) mass is 388 g/mol. The Morgan fingerprint density at radius 3 is 2.68 bits per heavy atom. The molecule has 8 heteroatoms. The molecular weight excluding hydrogens is 360 g/mol. The predicted octanol–water partition coefficient (Wildman–Crippen LogP) is 1.66. The first-order chi connectivity index (χ1) is 13.5. The number of fused-ring (bicyclic) bond motifs is 1. The van der Waals surface area contributed by atoms with Gasteiger partial charge in [0.05, 0.1) is 17.2 Å². The molecule has 4 rings (SSSR count). The largest absolute Gasteiger partial charge is 0.481 e. The van der Waals surface area contributed by atoms with Crippen molar-refractivity contribution in [2.24, 2.45) is 11.3 Å². The zero-order valence-corrected chi connectivity index (χ0v) is 16.1. The van der Waals surface area contributed by atoms with Gasteiger partial charge in [-0.3, -0.25) is 19.1 Å². The van der Waals surface area contributed by atoms with Crippen molar-refractivity contribution in [2.45, 2.75) is 64.0 Å². The summed E-state index contributed by atoms with van der Waals surface area (Å²) in [5.41, 5.74) is -0.378. The topological polar surface area (TPSA) is 105 Å². The van der Waals surface area contributed by atoms with Crippen molar-refractivity contribution in [3.63, 3.8) is 0 Å². The molecule has 2 heterocycles. The van der Waals surface area contributed by atoms with E-state index in [-0.39, 0.29) is 36.9 Å². The molecule has 2 aliphatic carbocycles. The normalized spacial score (nSPS) is 27.6. The summed E-state index contributed by atoms with van der Waals surface area (Å²) in [7, 11) is 0. The summed E-state index contributed by atoms with van der Waals surface area (Å²) in [6.07, 6.45) is 11.0. The molecule has 3 aliphatic rings. The maximum Gasteiger partial charge on any atom is 0.311 e. The summed E-state index contributed by atoms with van der Waals surface area (Å²) in [6.45, 7) is 0.836. The number of hydrogen-bond donors (Lipinski definition) is 2. The molecule has 2 amide bonds. The van der Waals surface area contributed by atoms with Crippen LogP contribution in [-0.2, 0) is 16.1 Å². The third-order valence-corrected chi connectivity index (χ3v) is 6.74. The molecular formula is C20H28N4O4. The second-order valence-corrected chi connectivity index (χ2v) is 8.57. The average molecular weight is 388 g/mol. The Morgan fingerprint density at radius 2 is 1.96 bits per heavy atom. The Kier molecular flexibility index (Phi) is 5.12. The first-order valence-corrected chi connectivity index (χ1v) is 10.3. The van der Waals surface area contributed by atoms with Crippen LogP contribution in [0.1, 0.15) is 61.7 Å².